The van der Waals surface area contributed by atoms with Crippen LogP contribution in [0.1, 0.15) is 290 Å². The van der Waals surface area contributed by atoms with Crippen molar-refractivity contribution in [2.75, 3.05) is 19.8 Å². The molecular weight excluding hydrogens is 837 g/mol. The number of carbonyl (C=O) groups excluding carboxylic acids is 2. The molecule has 0 aliphatic rings. The van der Waals surface area contributed by atoms with Crippen LogP contribution in [0.15, 0.2) is 72.9 Å². The van der Waals surface area contributed by atoms with Gasteiger partial charge in [0, 0.05) is 19.4 Å². The largest absolute Gasteiger partial charge is 0.462 e. The van der Waals surface area contributed by atoms with E-state index < -0.39 is 6.10 Å². The molecule has 1 atom stereocenters. The molecule has 1 unspecified atom stereocenters. The number of hydrogen-bond donors (Lipinski definition) is 0. The fourth-order valence-electron chi connectivity index (χ4n) is 8.42. The zero-order valence-corrected chi connectivity index (χ0v) is 45.4. The first-order valence-electron chi connectivity index (χ1n) is 29.5. The van der Waals surface area contributed by atoms with Crippen LogP contribution in [-0.4, -0.2) is 37.9 Å². The lowest BCUT2D eigenvalue weighted by Gasteiger charge is -2.18. The van der Waals surface area contributed by atoms with Crippen LogP contribution in [0.25, 0.3) is 0 Å². The van der Waals surface area contributed by atoms with Crippen molar-refractivity contribution in [3.05, 3.63) is 72.9 Å². The molecule has 0 aromatic carbocycles. The second-order valence-corrected chi connectivity index (χ2v) is 19.5. The van der Waals surface area contributed by atoms with Crippen LogP contribution in [-0.2, 0) is 23.8 Å². The minimum Gasteiger partial charge on any atom is -0.462 e. The molecule has 5 nitrogen and oxygen atoms in total. The van der Waals surface area contributed by atoms with Crippen molar-refractivity contribution in [2.24, 2.45) is 0 Å². The van der Waals surface area contributed by atoms with Gasteiger partial charge in [-0.25, -0.2) is 0 Å². The summed E-state index contributed by atoms with van der Waals surface area (Å²) in [6.07, 6.45) is 76.4. The van der Waals surface area contributed by atoms with Crippen LogP contribution in [0.2, 0.25) is 0 Å². The Balaban J connectivity index is 4.27. The molecule has 0 N–H and O–H groups in total. The Morgan fingerprint density at radius 3 is 1.06 bits per heavy atom. The fourth-order valence-corrected chi connectivity index (χ4v) is 8.42. The molecule has 0 saturated heterocycles. The summed E-state index contributed by atoms with van der Waals surface area (Å²) >= 11 is 0. The zero-order chi connectivity index (χ0) is 49.2. The Labute approximate surface area is 423 Å². The summed E-state index contributed by atoms with van der Waals surface area (Å²) in [5, 5.41) is 0. The van der Waals surface area contributed by atoms with Crippen molar-refractivity contribution in [1.82, 2.24) is 0 Å². The molecule has 0 aliphatic heterocycles. The van der Waals surface area contributed by atoms with Gasteiger partial charge in [0.1, 0.15) is 6.61 Å². The summed E-state index contributed by atoms with van der Waals surface area (Å²) in [5.41, 5.74) is 0. The number of unbranched alkanes of at least 4 members (excludes halogenated alkanes) is 31. The smallest absolute Gasteiger partial charge is 0.306 e. The lowest BCUT2D eigenvalue weighted by molar-refractivity contribution is -0.163. The third-order valence-corrected chi connectivity index (χ3v) is 12.7. The predicted molar refractivity (Wildman–Crippen MR) is 297 cm³/mol. The van der Waals surface area contributed by atoms with Gasteiger partial charge in [-0.05, 0) is 83.5 Å². The van der Waals surface area contributed by atoms with Crippen LogP contribution in [0.3, 0.4) is 0 Å². The molecule has 0 bridgehead atoms. The molecule has 0 aromatic heterocycles. The summed E-state index contributed by atoms with van der Waals surface area (Å²) in [6, 6.07) is 0. The predicted octanol–water partition coefficient (Wildman–Crippen LogP) is 20.2. The normalized spacial score (nSPS) is 12.7. The van der Waals surface area contributed by atoms with Gasteiger partial charge in [0.15, 0.2) is 6.10 Å². The van der Waals surface area contributed by atoms with Gasteiger partial charge in [0.05, 0.1) is 6.61 Å². The molecule has 0 saturated carbocycles. The van der Waals surface area contributed by atoms with E-state index in [4.69, 9.17) is 14.2 Å². The first kappa shape index (κ1) is 65.3. The third kappa shape index (κ3) is 55.9. The van der Waals surface area contributed by atoms with E-state index in [-0.39, 0.29) is 25.2 Å². The van der Waals surface area contributed by atoms with E-state index in [0.717, 1.165) is 96.3 Å². The summed E-state index contributed by atoms with van der Waals surface area (Å²) in [6.45, 7) is 7.61. The number of rotatable bonds is 54. The fraction of sp³-hybridized carbons (Fsp3) is 0.778. The van der Waals surface area contributed by atoms with Crippen LogP contribution in [0.5, 0.6) is 0 Å². The van der Waals surface area contributed by atoms with E-state index >= 15 is 0 Å². The van der Waals surface area contributed by atoms with Gasteiger partial charge in [-0.3, -0.25) is 9.59 Å². The molecule has 0 rings (SSSR count). The Morgan fingerprint density at radius 2 is 0.662 bits per heavy atom. The molecule has 0 fully saturated rings. The highest BCUT2D eigenvalue weighted by molar-refractivity contribution is 5.70. The Morgan fingerprint density at radius 1 is 0.338 bits per heavy atom. The molecule has 0 aliphatic carbocycles. The van der Waals surface area contributed by atoms with Crippen molar-refractivity contribution in [3.63, 3.8) is 0 Å². The van der Waals surface area contributed by atoms with E-state index in [1.54, 1.807) is 0 Å². The number of hydrogen-bond acceptors (Lipinski definition) is 5. The monoisotopic (exact) mass is 949 g/mol. The van der Waals surface area contributed by atoms with E-state index in [2.05, 4.69) is 93.7 Å². The highest BCUT2D eigenvalue weighted by Crippen LogP contribution is 2.16. The third-order valence-electron chi connectivity index (χ3n) is 12.7. The van der Waals surface area contributed by atoms with Crippen LogP contribution >= 0.6 is 0 Å². The highest BCUT2D eigenvalue weighted by Gasteiger charge is 2.17. The van der Waals surface area contributed by atoms with Gasteiger partial charge in [-0.15, -0.1) is 0 Å². The lowest BCUT2D eigenvalue weighted by atomic mass is 10.0. The Hall–Kier alpha value is -2.66. The lowest BCUT2D eigenvalue weighted by Crippen LogP contribution is -2.30. The van der Waals surface area contributed by atoms with Gasteiger partial charge in [0.2, 0.25) is 0 Å². The first-order chi connectivity index (χ1) is 33.6. The van der Waals surface area contributed by atoms with Gasteiger partial charge in [0.25, 0.3) is 0 Å². The minimum atomic E-state index is -0.550. The molecule has 5 heteroatoms. The standard InChI is InChI=1S/C63H112O5/c1-4-7-10-13-16-19-22-25-28-31-32-34-35-38-41-44-47-50-53-56-62(64)67-60-61(59-66-58-55-52-49-46-43-40-37-30-27-24-21-18-15-12-9-6-3)68-63(65)57-54-51-48-45-42-39-36-33-29-26-23-20-17-14-11-8-5-2/h8-9,11-12,17-18,20-21,26-27,29-30,61H,4-7,10,13-16,19,22-25,28,31-60H2,1-3H3/b11-8-,12-9-,20-17-,21-18-,29-26-,30-27-. The van der Waals surface area contributed by atoms with Crippen molar-refractivity contribution in [2.45, 2.75) is 297 Å². The number of carbonyl (C=O) groups is 2. The van der Waals surface area contributed by atoms with E-state index in [0.29, 0.717) is 19.4 Å². The van der Waals surface area contributed by atoms with Crippen molar-refractivity contribution >= 4 is 11.9 Å². The molecule has 0 heterocycles. The van der Waals surface area contributed by atoms with E-state index in [1.165, 1.54) is 161 Å². The average Bonchev–Trinajstić information content (AvgIpc) is 3.34. The number of allylic oxidation sites excluding steroid dienone is 12. The summed E-state index contributed by atoms with van der Waals surface area (Å²) in [7, 11) is 0. The van der Waals surface area contributed by atoms with E-state index in [9.17, 15) is 9.59 Å². The van der Waals surface area contributed by atoms with Gasteiger partial charge in [-0.1, -0.05) is 267 Å². The molecule has 0 radical (unpaired) electrons. The van der Waals surface area contributed by atoms with Crippen LogP contribution < -0.4 is 0 Å². The maximum Gasteiger partial charge on any atom is 0.306 e. The summed E-state index contributed by atoms with van der Waals surface area (Å²) in [4.78, 5) is 25.6. The highest BCUT2D eigenvalue weighted by atomic mass is 16.6. The van der Waals surface area contributed by atoms with Crippen LogP contribution in [0.4, 0.5) is 0 Å². The summed E-state index contributed by atoms with van der Waals surface area (Å²) < 4.78 is 17.5. The Bertz CT molecular complexity index is 1210. The SMILES string of the molecule is CC/C=C\C/C=C\C/C=C\CCCCCCCCCC(=O)OC(COCCCCCCCC/C=C\C/C=C\C/C=C\CC)COC(=O)CCCCCCCCCCCCCCCCCCCCC. The quantitative estimate of drug-likeness (QED) is 0.0345. The summed E-state index contributed by atoms with van der Waals surface area (Å²) in [5.74, 6) is -0.404. The molecule has 0 amide bonds. The number of ether oxygens (including phenoxy) is 3. The second kappa shape index (κ2) is 58.7. The molecule has 68 heavy (non-hydrogen) atoms. The van der Waals surface area contributed by atoms with Crippen LogP contribution in [0, 0.1) is 0 Å². The molecular formula is C63H112O5. The van der Waals surface area contributed by atoms with Gasteiger partial charge >= 0.3 is 11.9 Å². The maximum absolute atomic E-state index is 12.9. The van der Waals surface area contributed by atoms with Gasteiger partial charge in [-0.2, -0.15) is 0 Å². The average molecular weight is 950 g/mol. The zero-order valence-electron chi connectivity index (χ0n) is 45.4. The first-order valence-corrected chi connectivity index (χ1v) is 29.5. The maximum atomic E-state index is 12.9. The van der Waals surface area contributed by atoms with Gasteiger partial charge < -0.3 is 14.2 Å². The minimum absolute atomic E-state index is 0.0767. The van der Waals surface area contributed by atoms with Crippen molar-refractivity contribution in [1.29, 1.82) is 0 Å². The molecule has 0 spiro atoms. The number of esters is 2. The van der Waals surface area contributed by atoms with E-state index in [1.807, 2.05) is 0 Å². The topological polar surface area (TPSA) is 61.8 Å². The van der Waals surface area contributed by atoms with Crippen molar-refractivity contribution < 1.29 is 23.8 Å². The molecule has 394 valence electrons. The van der Waals surface area contributed by atoms with Crippen molar-refractivity contribution in [3.8, 4) is 0 Å². The molecule has 0 aromatic rings. The Kier molecular flexibility index (Phi) is 56.4. The second-order valence-electron chi connectivity index (χ2n) is 19.5.